The van der Waals surface area contributed by atoms with Gasteiger partial charge in [0.2, 0.25) is 0 Å². The summed E-state index contributed by atoms with van der Waals surface area (Å²) in [6.07, 6.45) is 5.52. The zero-order chi connectivity index (χ0) is 12.3. The van der Waals surface area contributed by atoms with E-state index in [2.05, 4.69) is 4.98 Å². The van der Waals surface area contributed by atoms with Gasteiger partial charge in [-0.05, 0) is 49.9 Å². The summed E-state index contributed by atoms with van der Waals surface area (Å²) >= 11 is 0. The Balaban J connectivity index is 2.03. The molecule has 2 aromatic rings. The van der Waals surface area contributed by atoms with Crippen molar-refractivity contribution in [1.29, 1.82) is 0 Å². The number of nitrogens with one attached hydrogen (secondary N) is 1. The molecule has 0 unspecified atom stereocenters. The summed E-state index contributed by atoms with van der Waals surface area (Å²) in [5.41, 5.74) is 2.25. The summed E-state index contributed by atoms with van der Waals surface area (Å²) in [6, 6.07) is 5.34. The van der Waals surface area contributed by atoms with Crippen LogP contribution >= 0.6 is 0 Å². The number of fused-ring (bicyclic) bond motifs is 1. The van der Waals surface area contributed by atoms with Gasteiger partial charge < -0.3 is 14.9 Å². The third kappa shape index (κ3) is 2.87. The third-order valence-electron chi connectivity index (χ3n) is 2.98. The van der Waals surface area contributed by atoms with Crippen LogP contribution in [0, 0.1) is 0 Å². The minimum Gasteiger partial charge on any atom is -0.508 e. The van der Waals surface area contributed by atoms with Crippen molar-refractivity contribution in [3.05, 3.63) is 30.0 Å². The summed E-state index contributed by atoms with van der Waals surface area (Å²) < 4.78 is 0. The van der Waals surface area contributed by atoms with Gasteiger partial charge in [0, 0.05) is 23.5 Å². The van der Waals surface area contributed by atoms with Crippen molar-refractivity contribution in [1.82, 2.24) is 4.98 Å². The van der Waals surface area contributed by atoms with Gasteiger partial charge in [0.15, 0.2) is 0 Å². The summed E-state index contributed by atoms with van der Waals surface area (Å²) in [6.45, 7) is 1.63. The normalized spacial score (nSPS) is 10.9. The molecule has 0 saturated carbocycles. The summed E-state index contributed by atoms with van der Waals surface area (Å²) in [5.74, 6) is 0.545. The quantitative estimate of drug-likeness (QED) is 0.776. The first-order valence-electron chi connectivity index (χ1n) is 5.95. The van der Waals surface area contributed by atoms with Crippen LogP contribution in [-0.2, 0) is 11.2 Å². The minimum absolute atomic E-state index is 0.251. The number of aromatic hydroxyl groups is 1. The molecule has 17 heavy (non-hydrogen) atoms. The topological polar surface area (TPSA) is 53.1 Å². The summed E-state index contributed by atoms with van der Waals surface area (Å²) in [5, 5.41) is 10.5. The summed E-state index contributed by atoms with van der Waals surface area (Å²) in [4.78, 5) is 14.0. The number of Topliss-reactive ketones (excluding diaryl/α,β-unsaturated/α-hetero) is 1. The van der Waals surface area contributed by atoms with Crippen LogP contribution in [0.25, 0.3) is 10.9 Å². The number of phenolic OH excluding ortho intramolecular Hbond substituents is 1. The van der Waals surface area contributed by atoms with E-state index in [4.69, 9.17) is 0 Å². The van der Waals surface area contributed by atoms with E-state index in [9.17, 15) is 9.90 Å². The van der Waals surface area contributed by atoms with Gasteiger partial charge in [0.05, 0.1) is 0 Å². The van der Waals surface area contributed by atoms with Crippen molar-refractivity contribution >= 4 is 16.7 Å². The molecule has 3 nitrogen and oxygen atoms in total. The number of carbonyl (C=O) groups excluding carboxylic acids is 1. The smallest absolute Gasteiger partial charge is 0.129 e. The van der Waals surface area contributed by atoms with Crippen LogP contribution in [0.4, 0.5) is 0 Å². The number of aryl methyl sites for hydroxylation is 1. The Bertz CT molecular complexity index is 528. The van der Waals surface area contributed by atoms with Crippen LogP contribution in [0.15, 0.2) is 24.4 Å². The second-order valence-electron chi connectivity index (χ2n) is 4.45. The number of hydrogen-bond acceptors (Lipinski definition) is 2. The van der Waals surface area contributed by atoms with Crippen molar-refractivity contribution in [3.8, 4) is 5.75 Å². The zero-order valence-corrected chi connectivity index (χ0v) is 9.99. The highest BCUT2D eigenvalue weighted by Gasteiger charge is 2.04. The van der Waals surface area contributed by atoms with E-state index in [1.165, 1.54) is 5.56 Å². The fourth-order valence-corrected chi connectivity index (χ4v) is 2.06. The molecule has 1 heterocycles. The number of unbranched alkanes of at least 4 members (excludes halogenated alkanes) is 1. The number of H-pyrrole nitrogens is 1. The SMILES string of the molecule is CC(=O)CCCCc1c[nH]c2ccc(O)cc12. The fourth-order valence-electron chi connectivity index (χ4n) is 2.06. The molecule has 2 N–H and O–H groups in total. The predicted octanol–water partition coefficient (Wildman–Crippen LogP) is 3.18. The lowest BCUT2D eigenvalue weighted by Crippen LogP contribution is -1.91. The van der Waals surface area contributed by atoms with Gasteiger partial charge in [-0.1, -0.05) is 0 Å². The number of ketones is 1. The largest absolute Gasteiger partial charge is 0.508 e. The lowest BCUT2D eigenvalue weighted by molar-refractivity contribution is -0.117. The molecule has 2 rings (SSSR count). The highest BCUT2D eigenvalue weighted by Crippen LogP contribution is 2.24. The van der Waals surface area contributed by atoms with E-state index in [-0.39, 0.29) is 5.78 Å². The number of aromatic nitrogens is 1. The Labute approximate surface area is 100 Å². The first-order chi connectivity index (χ1) is 8.16. The molecule has 0 aliphatic rings. The Morgan fingerprint density at radius 2 is 2.18 bits per heavy atom. The Kier molecular flexibility index (Phi) is 3.47. The van der Waals surface area contributed by atoms with Gasteiger partial charge in [0.25, 0.3) is 0 Å². The first-order valence-corrected chi connectivity index (χ1v) is 5.95. The molecular formula is C14H17NO2. The second-order valence-corrected chi connectivity index (χ2v) is 4.45. The molecule has 1 aromatic heterocycles. The fraction of sp³-hybridized carbons (Fsp3) is 0.357. The van der Waals surface area contributed by atoms with Gasteiger partial charge in [-0.25, -0.2) is 0 Å². The van der Waals surface area contributed by atoms with Crippen LogP contribution in [-0.4, -0.2) is 15.9 Å². The number of carbonyl (C=O) groups is 1. The molecule has 0 bridgehead atoms. The number of benzene rings is 1. The van der Waals surface area contributed by atoms with E-state index < -0.39 is 0 Å². The van der Waals surface area contributed by atoms with Crippen molar-refractivity contribution < 1.29 is 9.90 Å². The molecule has 0 aliphatic carbocycles. The van der Waals surface area contributed by atoms with E-state index >= 15 is 0 Å². The van der Waals surface area contributed by atoms with Gasteiger partial charge >= 0.3 is 0 Å². The first kappa shape index (κ1) is 11.7. The molecular weight excluding hydrogens is 214 g/mol. The van der Waals surface area contributed by atoms with Gasteiger partial charge in [0.1, 0.15) is 11.5 Å². The number of hydrogen-bond donors (Lipinski definition) is 2. The lowest BCUT2D eigenvalue weighted by Gasteiger charge is -1.99. The van der Waals surface area contributed by atoms with Gasteiger partial charge in [-0.15, -0.1) is 0 Å². The standard InChI is InChI=1S/C14H17NO2/c1-10(16)4-2-3-5-11-9-15-14-7-6-12(17)8-13(11)14/h6-9,15,17H,2-5H2,1H3. The van der Waals surface area contributed by atoms with Crippen LogP contribution in [0.3, 0.4) is 0 Å². The van der Waals surface area contributed by atoms with Crippen LogP contribution < -0.4 is 0 Å². The molecule has 0 fully saturated rings. The number of phenols is 1. The van der Waals surface area contributed by atoms with Crippen molar-refractivity contribution in [2.45, 2.75) is 32.6 Å². The molecule has 0 spiro atoms. The molecule has 0 radical (unpaired) electrons. The number of rotatable bonds is 5. The Hall–Kier alpha value is -1.77. The van der Waals surface area contributed by atoms with Gasteiger partial charge in [-0.3, -0.25) is 0 Å². The van der Waals surface area contributed by atoms with E-state index in [1.54, 1.807) is 19.1 Å². The molecule has 3 heteroatoms. The average Bonchev–Trinajstić information content (AvgIpc) is 2.67. The molecule has 0 saturated heterocycles. The molecule has 0 amide bonds. The van der Waals surface area contributed by atoms with E-state index in [0.29, 0.717) is 12.2 Å². The molecule has 1 aromatic carbocycles. The van der Waals surface area contributed by atoms with Crippen LogP contribution in [0.1, 0.15) is 31.7 Å². The van der Waals surface area contributed by atoms with Gasteiger partial charge in [-0.2, -0.15) is 0 Å². The van der Waals surface area contributed by atoms with E-state index in [0.717, 1.165) is 30.2 Å². The van der Waals surface area contributed by atoms with Crippen molar-refractivity contribution in [2.24, 2.45) is 0 Å². The monoisotopic (exact) mass is 231 g/mol. The van der Waals surface area contributed by atoms with E-state index in [1.807, 2.05) is 12.3 Å². The van der Waals surface area contributed by atoms with Crippen LogP contribution in [0.5, 0.6) is 5.75 Å². The average molecular weight is 231 g/mol. The summed E-state index contributed by atoms with van der Waals surface area (Å²) in [7, 11) is 0. The zero-order valence-electron chi connectivity index (χ0n) is 9.99. The van der Waals surface area contributed by atoms with Crippen molar-refractivity contribution in [2.75, 3.05) is 0 Å². The Morgan fingerprint density at radius 3 is 2.94 bits per heavy atom. The predicted molar refractivity (Wildman–Crippen MR) is 68.2 cm³/mol. The minimum atomic E-state index is 0.251. The second kappa shape index (κ2) is 5.04. The number of aromatic amines is 1. The molecule has 90 valence electrons. The third-order valence-corrected chi connectivity index (χ3v) is 2.98. The maximum absolute atomic E-state index is 10.8. The highest BCUT2D eigenvalue weighted by molar-refractivity contribution is 5.84. The van der Waals surface area contributed by atoms with Crippen LogP contribution in [0.2, 0.25) is 0 Å². The molecule has 0 atom stereocenters. The Morgan fingerprint density at radius 1 is 1.35 bits per heavy atom. The maximum Gasteiger partial charge on any atom is 0.129 e. The maximum atomic E-state index is 10.8. The lowest BCUT2D eigenvalue weighted by atomic mass is 10.1. The molecule has 0 aliphatic heterocycles. The highest BCUT2D eigenvalue weighted by atomic mass is 16.3. The van der Waals surface area contributed by atoms with Crippen molar-refractivity contribution in [3.63, 3.8) is 0 Å².